The van der Waals surface area contributed by atoms with Gasteiger partial charge in [0.1, 0.15) is 0 Å². The van der Waals surface area contributed by atoms with E-state index in [0.29, 0.717) is 43.4 Å². The molecule has 0 heterocycles. The van der Waals surface area contributed by atoms with Gasteiger partial charge in [0.05, 0.1) is 39.0 Å². The first-order chi connectivity index (χ1) is 19.3. The number of quaternary nitrogens is 1. The summed E-state index contributed by atoms with van der Waals surface area (Å²) in [5.41, 5.74) is 0. The molecule has 0 aromatic carbocycles. The van der Waals surface area contributed by atoms with E-state index in [1.165, 1.54) is 96.3 Å². The minimum Gasteiger partial charge on any atom is -0.550 e. The molecule has 2 N–H and O–H groups in total. The van der Waals surface area contributed by atoms with Gasteiger partial charge in [-0.25, -0.2) is 0 Å². The monoisotopic (exact) mass is 567 g/mol. The number of hydrogen-bond donors (Lipinski definition) is 2. The molecule has 0 spiro atoms. The Hall–Kier alpha value is -1.89. The molecule has 0 radical (unpaired) electrons. The van der Waals surface area contributed by atoms with Crippen LogP contribution in [-0.4, -0.2) is 58.8 Å². The van der Waals surface area contributed by atoms with Gasteiger partial charge in [0, 0.05) is 25.2 Å². The molecular formula is C33H61NO6. The average Bonchev–Trinajstić information content (AvgIpc) is 2.89. The van der Waals surface area contributed by atoms with Crippen LogP contribution in [0.15, 0.2) is 12.2 Å². The third-order valence-corrected chi connectivity index (χ3v) is 7.95. The summed E-state index contributed by atoms with van der Waals surface area (Å²) in [5.74, 6) is -2.74. The second kappa shape index (κ2) is 27.3. The molecule has 0 atom stereocenters. The number of carbonyl (C=O) groups excluding carboxylic acids is 1. The van der Waals surface area contributed by atoms with Crippen LogP contribution < -0.4 is 5.11 Å². The van der Waals surface area contributed by atoms with E-state index in [0.717, 1.165) is 19.4 Å². The number of rotatable bonds is 31. The van der Waals surface area contributed by atoms with Gasteiger partial charge >= 0.3 is 11.9 Å². The van der Waals surface area contributed by atoms with Gasteiger partial charge in [0.15, 0.2) is 0 Å². The van der Waals surface area contributed by atoms with Gasteiger partial charge in [-0.15, -0.1) is 0 Å². The maximum Gasteiger partial charge on any atom is 0.303 e. The number of unbranched alkanes of at least 4 members (excludes halogenated alkanes) is 15. The largest absolute Gasteiger partial charge is 0.550 e. The summed E-state index contributed by atoms with van der Waals surface area (Å²) in [6.07, 6.45) is 27.9. The van der Waals surface area contributed by atoms with Crippen LogP contribution >= 0.6 is 0 Å². The number of allylic oxidation sites excluding steroid dienone is 2. The molecule has 0 unspecified atom stereocenters. The van der Waals surface area contributed by atoms with Crippen LogP contribution in [0.2, 0.25) is 0 Å². The van der Waals surface area contributed by atoms with Crippen molar-refractivity contribution in [2.75, 3.05) is 26.2 Å². The van der Waals surface area contributed by atoms with Gasteiger partial charge in [0.2, 0.25) is 0 Å². The molecule has 40 heavy (non-hydrogen) atoms. The summed E-state index contributed by atoms with van der Waals surface area (Å²) in [6, 6.07) is 0. The van der Waals surface area contributed by atoms with Crippen molar-refractivity contribution in [1.82, 2.24) is 0 Å². The Morgan fingerprint density at radius 3 is 1.27 bits per heavy atom. The van der Waals surface area contributed by atoms with Crippen molar-refractivity contribution in [2.45, 2.75) is 155 Å². The third-order valence-electron chi connectivity index (χ3n) is 7.95. The molecule has 0 saturated carbocycles. The molecule has 0 aliphatic heterocycles. The van der Waals surface area contributed by atoms with Crippen LogP contribution in [0.4, 0.5) is 0 Å². The maximum absolute atomic E-state index is 11.1. The number of nitrogens with zero attached hydrogens (tertiary/aromatic N) is 1. The van der Waals surface area contributed by atoms with E-state index in [-0.39, 0.29) is 19.3 Å². The highest BCUT2D eigenvalue weighted by atomic mass is 16.4. The Balaban J connectivity index is 4.12. The lowest BCUT2D eigenvalue weighted by Crippen LogP contribution is -2.51. The first-order valence-corrected chi connectivity index (χ1v) is 16.4. The molecule has 0 aromatic rings. The predicted octanol–water partition coefficient (Wildman–Crippen LogP) is 7.27. The third kappa shape index (κ3) is 26.3. The fourth-order valence-electron chi connectivity index (χ4n) is 5.59. The summed E-state index contributed by atoms with van der Waals surface area (Å²) in [7, 11) is 0. The number of aliphatic carboxylic acids is 3. The quantitative estimate of drug-likeness (QED) is 0.0517. The van der Waals surface area contributed by atoms with E-state index in [1.807, 2.05) is 0 Å². The summed E-state index contributed by atoms with van der Waals surface area (Å²) < 4.78 is 0.614. The van der Waals surface area contributed by atoms with Crippen LogP contribution in [0.1, 0.15) is 155 Å². The Labute approximate surface area is 245 Å². The van der Waals surface area contributed by atoms with Gasteiger partial charge in [-0.05, 0) is 44.9 Å². The van der Waals surface area contributed by atoms with Crippen LogP contribution in [0.5, 0.6) is 0 Å². The molecule has 234 valence electrons. The number of hydrogen-bond acceptors (Lipinski definition) is 4. The van der Waals surface area contributed by atoms with Crippen molar-refractivity contribution in [3.8, 4) is 0 Å². The van der Waals surface area contributed by atoms with Gasteiger partial charge in [-0.2, -0.15) is 0 Å². The minimum absolute atomic E-state index is 0.0194. The second-order valence-electron chi connectivity index (χ2n) is 11.7. The van der Waals surface area contributed by atoms with Gasteiger partial charge < -0.3 is 24.6 Å². The Bertz CT molecular complexity index is 613. The topological polar surface area (TPSA) is 115 Å². The molecule has 7 nitrogen and oxygen atoms in total. The van der Waals surface area contributed by atoms with Gasteiger partial charge in [-0.3, -0.25) is 9.59 Å². The van der Waals surface area contributed by atoms with Crippen LogP contribution in [0.25, 0.3) is 0 Å². The highest BCUT2D eigenvalue weighted by Gasteiger charge is 2.26. The van der Waals surface area contributed by atoms with Gasteiger partial charge in [0.25, 0.3) is 0 Å². The average molecular weight is 568 g/mol. The molecule has 0 saturated heterocycles. The lowest BCUT2D eigenvalue weighted by Gasteiger charge is -2.39. The van der Waals surface area contributed by atoms with Crippen molar-refractivity contribution in [3.63, 3.8) is 0 Å². The SMILES string of the molecule is CCCCC/C=C/CCCCCCCCCCCCCC[N+](CCCC(=O)[O-])(CCCC(=O)O)CCCC(=O)O. The smallest absolute Gasteiger partial charge is 0.303 e. The maximum atomic E-state index is 11.1. The van der Waals surface area contributed by atoms with E-state index in [4.69, 9.17) is 10.2 Å². The zero-order chi connectivity index (χ0) is 29.7. The molecule has 0 fully saturated rings. The van der Waals surface area contributed by atoms with Crippen molar-refractivity contribution in [1.29, 1.82) is 0 Å². The normalized spacial score (nSPS) is 11.8. The molecule has 0 aromatic heterocycles. The first kappa shape index (κ1) is 38.1. The lowest BCUT2D eigenvalue weighted by molar-refractivity contribution is -0.929. The van der Waals surface area contributed by atoms with E-state index >= 15 is 0 Å². The van der Waals surface area contributed by atoms with Crippen LogP contribution in [0, 0.1) is 0 Å². The molecule has 0 rings (SSSR count). The van der Waals surface area contributed by atoms with Crippen LogP contribution in [0.3, 0.4) is 0 Å². The Kier molecular flexibility index (Phi) is 26.0. The second-order valence-corrected chi connectivity index (χ2v) is 11.7. The summed E-state index contributed by atoms with van der Waals surface area (Å²) in [4.78, 5) is 33.1. The van der Waals surface area contributed by atoms with E-state index in [1.54, 1.807) is 0 Å². The van der Waals surface area contributed by atoms with Crippen molar-refractivity contribution in [3.05, 3.63) is 12.2 Å². The number of carbonyl (C=O) groups is 3. The standard InChI is InChI=1S/C33H61NO6/c1-2-3-4-5-6-7-8-9-10-11-12-13-14-15-16-17-18-19-20-27-34(28-21-24-31(35)36,29-22-25-32(37)38)30-23-26-33(39)40/h6-7H,2-5,8-30H2,1H3,(H2-,35,36,37,38,39,40)/b7-6+. The summed E-state index contributed by atoms with van der Waals surface area (Å²) in [6.45, 7) is 5.02. The van der Waals surface area contributed by atoms with E-state index < -0.39 is 17.9 Å². The van der Waals surface area contributed by atoms with E-state index in [2.05, 4.69) is 19.1 Å². The molecule has 0 aliphatic rings. The van der Waals surface area contributed by atoms with Crippen molar-refractivity contribution < 1.29 is 34.2 Å². The molecular weight excluding hydrogens is 506 g/mol. The number of carboxylic acids is 3. The fraction of sp³-hybridized carbons (Fsp3) is 0.848. The molecule has 0 aliphatic carbocycles. The predicted molar refractivity (Wildman–Crippen MR) is 161 cm³/mol. The minimum atomic E-state index is -1.07. The van der Waals surface area contributed by atoms with Crippen molar-refractivity contribution in [2.24, 2.45) is 0 Å². The summed E-state index contributed by atoms with van der Waals surface area (Å²) in [5, 5.41) is 29.1. The molecule has 7 heteroatoms. The highest BCUT2D eigenvalue weighted by molar-refractivity contribution is 5.66. The molecule has 0 bridgehead atoms. The van der Waals surface area contributed by atoms with E-state index in [9.17, 15) is 19.5 Å². The Morgan fingerprint density at radius 1 is 0.525 bits per heavy atom. The highest BCUT2D eigenvalue weighted by Crippen LogP contribution is 2.19. The van der Waals surface area contributed by atoms with Gasteiger partial charge in [-0.1, -0.05) is 89.7 Å². The molecule has 0 amide bonds. The zero-order valence-electron chi connectivity index (χ0n) is 25.7. The van der Waals surface area contributed by atoms with Crippen molar-refractivity contribution >= 4 is 17.9 Å². The fourth-order valence-corrected chi connectivity index (χ4v) is 5.59. The summed E-state index contributed by atoms with van der Waals surface area (Å²) >= 11 is 0. The van der Waals surface area contributed by atoms with Crippen LogP contribution in [-0.2, 0) is 14.4 Å². The first-order valence-electron chi connectivity index (χ1n) is 16.4. The Morgan fingerprint density at radius 2 is 0.875 bits per heavy atom. The zero-order valence-corrected chi connectivity index (χ0v) is 25.7. The number of carboxylic acid groups (broad SMARTS) is 3. The lowest BCUT2D eigenvalue weighted by atomic mass is 10.0.